The number of halogens is 3. The first-order valence-electron chi connectivity index (χ1n) is 12.9. The molecule has 0 aliphatic carbocycles. The molecule has 2 heterocycles. The van der Waals surface area contributed by atoms with E-state index < -0.39 is 36.7 Å². The summed E-state index contributed by atoms with van der Waals surface area (Å²) >= 11 is 6.23. The van der Waals surface area contributed by atoms with Crippen molar-refractivity contribution in [3.63, 3.8) is 0 Å². The molecule has 4 rings (SSSR count). The predicted molar refractivity (Wildman–Crippen MR) is 149 cm³/mol. The lowest BCUT2D eigenvalue weighted by Gasteiger charge is -2.36. The molecule has 218 valence electrons. The minimum Gasteiger partial charge on any atom is -0.481 e. The summed E-state index contributed by atoms with van der Waals surface area (Å²) in [6.45, 7) is 1.34. The van der Waals surface area contributed by atoms with Gasteiger partial charge in [-0.25, -0.2) is 0 Å². The van der Waals surface area contributed by atoms with E-state index in [0.29, 0.717) is 34.9 Å². The van der Waals surface area contributed by atoms with Crippen LogP contribution in [0.4, 0.5) is 14.5 Å². The molecule has 10 nitrogen and oxygen atoms in total. The molecule has 2 aliphatic heterocycles. The van der Waals surface area contributed by atoms with Gasteiger partial charge in [0.25, 0.3) is 5.95 Å². The number of amidine groups is 1. The maximum Gasteiger partial charge on any atom is 0.387 e. The van der Waals surface area contributed by atoms with E-state index >= 15 is 0 Å². The van der Waals surface area contributed by atoms with Crippen molar-refractivity contribution in [3.8, 4) is 11.9 Å². The monoisotopic (exact) mass is 589 g/mol. The van der Waals surface area contributed by atoms with Crippen LogP contribution in [0.5, 0.6) is 5.75 Å². The smallest absolute Gasteiger partial charge is 0.387 e. The van der Waals surface area contributed by atoms with E-state index in [2.05, 4.69) is 20.4 Å². The lowest BCUT2D eigenvalue weighted by molar-refractivity contribution is -0.126. The number of nitrogens with zero attached hydrogens (tertiary/aromatic N) is 3. The molecule has 2 aromatic rings. The lowest BCUT2D eigenvalue weighted by atomic mass is 9.85. The summed E-state index contributed by atoms with van der Waals surface area (Å²) in [5.74, 6) is -1.70. The highest BCUT2D eigenvalue weighted by molar-refractivity contribution is 6.31. The van der Waals surface area contributed by atoms with Crippen molar-refractivity contribution in [1.82, 2.24) is 10.2 Å². The molecule has 13 heteroatoms. The summed E-state index contributed by atoms with van der Waals surface area (Å²) in [6.07, 6.45) is 1.30. The molecule has 4 N–H and O–H groups in total. The number of likely N-dealkylation sites (N-methyl/N-ethyl adjacent to an activating group) is 1. The molecule has 0 saturated carbocycles. The molecule has 2 unspecified atom stereocenters. The van der Waals surface area contributed by atoms with Gasteiger partial charge in [-0.2, -0.15) is 19.0 Å². The van der Waals surface area contributed by atoms with Gasteiger partial charge in [-0.1, -0.05) is 30.7 Å². The Balaban J connectivity index is 1.74. The quantitative estimate of drug-likeness (QED) is 0.205. The number of nitrogens with one attached hydrogen (secondary N) is 2. The summed E-state index contributed by atoms with van der Waals surface area (Å²) in [7, 11) is 0. The highest BCUT2D eigenvalue weighted by Gasteiger charge is 2.42. The van der Waals surface area contributed by atoms with Crippen LogP contribution >= 0.6 is 11.6 Å². The first-order valence-corrected chi connectivity index (χ1v) is 13.3. The lowest BCUT2D eigenvalue weighted by Crippen LogP contribution is -2.54. The number of anilines is 1. The van der Waals surface area contributed by atoms with Crippen LogP contribution in [0, 0.1) is 24.3 Å². The number of alkyl halides is 2. The van der Waals surface area contributed by atoms with Gasteiger partial charge in [-0.3, -0.25) is 9.69 Å². The zero-order valence-corrected chi connectivity index (χ0v) is 23.1. The van der Waals surface area contributed by atoms with Gasteiger partial charge in [0.15, 0.2) is 0 Å². The molecule has 0 bridgehead atoms. The van der Waals surface area contributed by atoms with Crippen molar-refractivity contribution in [3.05, 3.63) is 64.6 Å². The number of nitriles is 1. The van der Waals surface area contributed by atoms with Crippen molar-refractivity contribution >= 4 is 34.6 Å². The first kappa shape index (κ1) is 30.0. The van der Waals surface area contributed by atoms with Crippen LogP contribution in [0.2, 0.25) is 5.02 Å². The van der Waals surface area contributed by atoms with Crippen molar-refractivity contribution in [2.45, 2.75) is 45.1 Å². The van der Waals surface area contributed by atoms with E-state index in [9.17, 15) is 29.1 Å². The second kappa shape index (κ2) is 13.2. The van der Waals surface area contributed by atoms with E-state index in [1.165, 1.54) is 18.2 Å². The summed E-state index contributed by atoms with van der Waals surface area (Å²) in [5.41, 5.74) is 1.76. The van der Waals surface area contributed by atoms with Crippen LogP contribution in [-0.4, -0.2) is 71.4 Å². The average Bonchev–Trinajstić information content (AvgIpc) is 3.31. The van der Waals surface area contributed by atoms with E-state index in [1.807, 2.05) is 11.8 Å². The summed E-state index contributed by atoms with van der Waals surface area (Å²) < 4.78 is 35.6. The molecular weight excluding hydrogens is 560 g/mol. The van der Waals surface area contributed by atoms with Gasteiger partial charge < -0.3 is 30.3 Å². The zero-order chi connectivity index (χ0) is 29.7. The number of benzene rings is 2. The Morgan fingerprint density at radius 3 is 2.80 bits per heavy atom. The van der Waals surface area contributed by atoms with Gasteiger partial charge in [0.2, 0.25) is 12.1 Å². The molecule has 0 spiro atoms. The molecule has 0 radical (unpaired) electrons. The average molecular weight is 590 g/mol. The summed E-state index contributed by atoms with van der Waals surface area (Å²) in [4.78, 5) is 19.4. The fraction of sp³-hybridized carbons (Fsp3) is 0.393. The van der Waals surface area contributed by atoms with Gasteiger partial charge in [-0.05, 0) is 55.3 Å². The standard InChI is InChI=1S/C28H30ClF2N5O5/c1-3-36-12-18(37)11-22(36)26(38)35-24-20(13-40-27(39)23(24)16-7-8-21(29)15(2)9-16)25(33-14-32)34-17-5-4-6-19(10-17)41-28(30)31/h4-10,18,20,22,24,28,37,39H,3,11-13H2,1-2H3,(H,33,34)(H,35,38)/t18-,20?,22-,24?/m1/s1. The molecule has 1 fully saturated rings. The normalized spacial score (nSPS) is 23.2. The van der Waals surface area contributed by atoms with Crippen molar-refractivity contribution < 1.29 is 33.3 Å². The third-order valence-corrected chi connectivity index (χ3v) is 7.48. The Bertz CT molecular complexity index is 1380. The second-order valence-corrected chi connectivity index (χ2v) is 10.1. The maximum atomic E-state index is 13.6. The number of ether oxygens (including phenoxy) is 2. The van der Waals surface area contributed by atoms with E-state index in [0.717, 1.165) is 0 Å². The Labute approximate surface area is 240 Å². The largest absolute Gasteiger partial charge is 0.481 e. The SMILES string of the molecule is CCN1C[C@H](O)C[C@@H]1C(=O)NC1C(c2ccc(Cl)c(C)c2)=C(O)OCC1C(=NC#N)Nc1cccc(OC(F)F)c1. The molecule has 1 amide bonds. The summed E-state index contributed by atoms with van der Waals surface area (Å²) in [6, 6.07) is 9.19. The number of aliphatic imine (C=N–C) groups is 1. The number of amides is 1. The zero-order valence-electron chi connectivity index (χ0n) is 22.4. The van der Waals surface area contributed by atoms with Gasteiger partial charge in [0, 0.05) is 23.3 Å². The molecular formula is C28H30ClF2N5O5. The number of hydrogen-bond acceptors (Lipinski definition) is 8. The Kier molecular flexibility index (Phi) is 9.65. The fourth-order valence-corrected chi connectivity index (χ4v) is 5.23. The third kappa shape index (κ3) is 7.05. The number of likely N-dealkylation sites (tertiary alicyclic amines) is 1. The van der Waals surface area contributed by atoms with Crippen LogP contribution in [0.25, 0.3) is 5.57 Å². The number of rotatable bonds is 8. The van der Waals surface area contributed by atoms with Crippen LogP contribution in [-0.2, 0) is 9.53 Å². The molecule has 2 aliphatic rings. The van der Waals surface area contributed by atoms with Gasteiger partial charge in [-0.15, -0.1) is 0 Å². The molecule has 1 saturated heterocycles. The third-order valence-electron chi connectivity index (χ3n) is 7.05. The number of hydrogen-bond donors (Lipinski definition) is 4. The predicted octanol–water partition coefficient (Wildman–Crippen LogP) is 4.05. The van der Waals surface area contributed by atoms with Gasteiger partial charge >= 0.3 is 6.61 Å². The number of carbonyl (C=O) groups is 1. The van der Waals surface area contributed by atoms with Crippen LogP contribution < -0.4 is 15.4 Å². The van der Waals surface area contributed by atoms with Crippen molar-refractivity contribution in [2.24, 2.45) is 10.9 Å². The topological polar surface area (TPSA) is 139 Å². The number of β-amino-alcohol motifs (C(OH)–C–C–N with tert-alkyl or cyclic N) is 1. The van der Waals surface area contributed by atoms with Crippen molar-refractivity contribution in [2.75, 3.05) is 25.0 Å². The minimum absolute atomic E-state index is 0.0569. The fourth-order valence-electron chi connectivity index (χ4n) is 5.11. The molecule has 41 heavy (non-hydrogen) atoms. The molecule has 2 aromatic carbocycles. The summed E-state index contributed by atoms with van der Waals surface area (Å²) in [5, 5.41) is 37.1. The van der Waals surface area contributed by atoms with Gasteiger partial charge in [0.1, 0.15) is 18.2 Å². The number of aryl methyl sites for hydroxylation is 1. The van der Waals surface area contributed by atoms with Crippen LogP contribution in [0.3, 0.4) is 0 Å². The second-order valence-electron chi connectivity index (χ2n) is 9.71. The molecule has 4 atom stereocenters. The van der Waals surface area contributed by atoms with Crippen molar-refractivity contribution in [1.29, 1.82) is 5.26 Å². The molecule has 0 aromatic heterocycles. The Hall–Kier alpha value is -3.92. The first-order chi connectivity index (χ1) is 19.6. The van der Waals surface area contributed by atoms with Gasteiger partial charge in [0.05, 0.1) is 29.7 Å². The van der Waals surface area contributed by atoms with E-state index in [-0.39, 0.29) is 36.1 Å². The Morgan fingerprint density at radius 1 is 1.34 bits per heavy atom. The van der Waals surface area contributed by atoms with Crippen LogP contribution in [0.1, 0.15) is 24.5 Å². The minimum atomic E-state index is -3.03. The Morgan fingerprint density at radius 2 is 2.12 bits per heavy atom. The van der Waals surface area contributed by atoms with E-state index in [1.54, 1.807) is 37.4 Å². The van der Waals surface area contributed by atoms with Crippen LogP contribution in [0.15, 0.2) is 53.4 Å². The highest BCUT2D eigenvalue weighted by atomic mass is 35.5. The number of carbonyl (C=O) groups excluding carboxylic acids is 1. The number of aliphatic hydroxyl groups excluding tert-OH is 2. The maximum absolute atomic E-state index is 13.6. The highest BCUT2D eigenvalue weighted by Crippen LogP contribution is 2.35. The van der Waals surface area contributed by atoms with E-state index in [4.69, 9.17) is 16.3 Å². The number of aliphatic hydroxyl groups is 2.